The molecule has 0 aromatic heterocycles. The van der Waals surface area contributed by atoms with Crippen molar-refractivity contribution in [2.75, 3.05) is 6.54 Å². The molecule has 0 radical (unpaired) electrons. The Morgan fingerprint density at radius 1 is 1.35 bits per heavy atom. The van der Waals surface area contributed by atoms with E-state index in [2.05, 4.69) is 36.1 Å². The number of nitrogens with zero attached hydrogens (tertiary/aromatic N) is 1. The Morgan fingerprint density at radius 3 is 2.71 bits per heavy atom. The standard InChI is InChI=1S/C15H21NO/c1-11(2)15(17)16-10-6-9-14(16)13-8-5-4-7-12(13)3/h4-5,7-8,11,14H,6,9-10H2,1-3H3. The summed E-state index contributed by atoms with van der Waals surface area (Å²) in [5.74, 6) is 0.385. The van der Waals surface area contributed by atoms with Crippen LogP contribution in [0.1, 0.15) is 43.9 Å². The summed E-state index contributed by atoms with van der Waals surface area (Å²) in [7, 11) is 0. The highest BCUT2D eigenvalue weighted by atomic mass is 16.2. The second-order valence-electron chi connectivity index (χ2n) is 5.20. The van der Waals surface area contributed by atoms with E-state index in [1.807, 2.05) is 13.8 Å². The summed E-state index contributed by atoms with van der Waals surface area (Å²) in [6, 6.07) is 8.71. The highest BCUT2D eigenvalue weighted by Gasteiger charge is 2.31. The molecule has 92 valence electrons. The first-order valence-electron chi connectivity index (χ1n) is 6.47. The first kappa shape index (κ1) is 12.2. The van der Waals surface area contributed by atoms with E-state index in [0.29, 0.717) is 6.04 Å². The monoisotopic (exact) mass is 231 g/mol. The lowest BCUT2D eigenvalue weighted by Gasteiger charge is -2.27. The number of rotatable bonds is 2. The van der Waals surface area contributed by atoms with Crippen LogP contribution in [0.4, 0.5) is 0 Å². The largest absolute Gasteiger partial charge is 0.335 e. The molecule has 1 fully saturated rings. The summed E-state index contributed by atoms with van der Waals surface area (Å²) < 4.78 is 0. The molecule has 0 aliphatic carbocycles. The van der Waals surface area contributed by atoms with Crippen LogP contribution in [0.3, 0.4) is 0 Å². The minimum absolute atomic E-state index is 0.0969. The van der Waals surface area contributed by atoms with E-state index >= 15 is 0 Å². The summed E-state index contributed by atoms with van der Waals surface area (Å²) in [5, 5.41) is 0. The topological polar surface area (TPSA) is 20.3 Å². The summed E-state index contributed by atoms with van der Waals surface area (Å²) in [6.07, 6.45) is 2.22. The van der Waals surface area contributed by atoms with Crippen LogP contribution >= 0.6 is 0 Å². The molecular formula is C15H21NO. The molecule has 1 aromatic rings. The van der Waals surface area contributed by atoms with Gasteiger partial charge in [-0.15, -0.1) is 0 Å². The van der Waals surface area contributed by atoms with E-state index in [1.54, 1.807) is 0 Å². The first-order valence-corrected chi connectivity index (χ1v) is 6.47. The van der Waals surface area contributed by atoms with E-state index in [-0.39, 0.29) is 11.8 Å². The zero-order valence-electron chi connectivity index (χ0n) is 10.9. The van der Waals surface area contributed by atoms with E-state index in [0.717, 1.165) is 19.4 Å². The second kappa shape index (κ2) is 4.91. The van der Waals surface area contributed by atoms with Gasteiger partial charge < -0.3 is 4.90 Å². The molecule has 1 aromatic carbocycles. The number of hydrogen-bond acceptors (Lipinski definition) is 1. The van der Waals surface area contributed by atoms with Crippen LogP contribution in [0.25, 0.3) is 0 Å². The van der Waals surface area contributed by atoms with Gasteiger partial charge in [-0.05, 0) is 30.9 Å². The van der Waals surface area contributed by atoms with Crippen molar-refractivity contribution in [2.24, 2.45) is 5.92 Å². The molecule has 1 aliphatic heterocycles. The average molecular weight is 231 g/mol. The Balaban J connectivity index is 2.26. The Morgan fingerprint density at radius 2 is 2.06 bits per heavy atom. The van der Waals surface area contributed by atoms with Gasteiger partial charge in [0.2, 0.25) is 5.91 Å². The van der Waals surface area contributed by atoms with Gasteiger partial charge in [0.1, 0.15) is 0 Å². The summed E-state index contributed by atoms with van der Waals surface area (Å²) in [5.41, 5.74) is 2.61. The molecular weight excluding hydrogens is 210 g/mol. The molecule has 0 N–H and O–H groups in total. The van der Waals surface area contributed by atoms with Crippen LogP contribution in [0.15, 0.2) is 24.3 Å². The van der Waals surface area contributed by atoms with E-state index in [1.165, 1.54) is 11.1 Å². The van der Waals surface area contributed by atoms with Crippen LogP contribution in [-0.4, -0.2) is 17.4 Å². The molecule has 0 spiro atoms. The molecule has 2 heteroatoms. The van der Waals surface area contributed by atoms with Gasteiger partial charge in [0.15, 0.2) is 0 Å². The fourth-order valence-electron chi connectivity index (χ4n) is 2.65. The number of amides is 1. The SMILES string of the molecule is Cc1ccccc1C1CCCN1C(=O)C(C)C. The third-order valence-electron chi connectivity index (χ3n) is 3.58. The maximum absolute atomic E-state index is 12.2. The fraction of sp³-hybridized carbons (Fsp3) is 0.533. The van der Waals surface area contributed by atoms with Crippen LogP contribution in [0, 0.1) is 12.8 Å². The van der Waals surface area contributed by atoms with Crippen molar-refractivity contribution in [1.29, 1.82) is 0 Å². The van der Waals surface area contributed by atoms with Crippen molar-refractivity contribution in [3.8, 4) is 0 Å². The number of carbonyl (C=O) groups excluding carboxylic acids is 1. The van der Waals surface area contributed by atoms with Gasteiger partial charge in [0.25, 0.3) is 0 Å². The van der Waals surface area contributed by atoms with E-state index in [4.69, 9.17) is 0 Å². The third-order valence-corrected chi connectivity index (χ3v) is 3.58. The van der Waals surface area contributed by atoms with Gasteiger partial charge in [-0.25, -0.2) is 0 Å². The number of benzene rings is 1. The van der Waals surface area contributed by atoms with Gasteiger partial charge in [-0.1, -0.05) is 38.1 Å². The van der Waals surface area contributed by atoms with Crippen molar-refractivity contribution in [3.63, 3.8) is 0 Å². The van der Waals surface area contributed by atoms with Crippen molar-refractivity contribution in [2.45, 2.75) is 39.7 Å². The first-order chi connectivity index (χ1) is 8.11. The van der Waals surface area contributed by atoms with Gasteiger partial charge in [0.05, 0.1) is 6.04 Å². The molecule has 0 bridgehead atoms. The van der Waals surface area contributed by atoms with Crippen LogP contribution in [-0.2, 0) is 4.79 Å². The van der Waals surface area contributed by atoms with Gasteiger partial charge >= 0.3 is 0 Å². The van der Waals surface area contributed by atoms with E-state index in [9.17, 15) is 4.79 Å². The molecule has 2 rings (SSSR count). The number of aryl methyl sites for hydroxylation is 1. The van der Waals surface area contributed by atoms with Crippen LogP contribution in [0.2, 0.25) is 0 Å². The Labute approximate surface area is 104 Å². The average Bonchev–Trinajstić information content (AvgIpc) is 2.77. The zero-order chi connectivity index (χ0) is 12.4. The van der Waals surface area contributed by atoms with Crippen molar-refractivity contribution >= 4 is 5.91 Å². The van der Waals surface area contributed by atoms with E-state index < -0.39 is 0 Å². The molecule has 1 saturated heterocycles. The predicted molar refractivity (Wildman–Crippen MR) is 69.7 cm³/mol. The van der Waals surface area contributed by atoms with Crippen molar-refractivity contribution in [3.05, 3.63) is 35.4 Å². The predicted octanol–water partition coefficient (Wildman–Crippen LogP) is 3.31. The Kier molecular flexibility index (Phi) is 3.51. The number of carbonyl (C=O) groups is 1. The summed E-state index contributed by atoms with van der Waals surface area (Å²) in [4.78, 5) is 14.2. The second-order valence-corrected chi connectivity index (χ2v) is 5.20. The minimum atomic E-state index is 0.0969. The van der Waals surface area contributed by atoms with Gasteiger partial charge in [-0.2, -0.15) is 0 Å². The van der Waals surface area contributed by atoms with Crippen molar-refractivity contribution < 1.29 is 4.79 Å². The maximum Gasteiger partial charge on any atom is 0.225 e. The molecule has 1 amide bonds. The summed E-state index contributed by atoms with van der Waals surface area (Å²) >= 11 is 0. The lowest BCUT2D eigenvalue weighted by molar-refractivity contribution is -0.135. The smallest absolute Gasteiger partial charge is 0.225 e. The highest BCUT2D eigenvalue weighted by molar-refractivity contribution is 5.79. The highest BCUT2D eigenvalue weighted by Crippen LogP contribution is 2.34. The lowest BCUT2D eigenvalue weighted by Crippen LogP contribution is -2.33. The Bertz CT molecular complexity index is 411. The number of likely N-dealkylation sites (tertiary alicyclic amines) is 1. The molecule has 1 heterocycles. The Hall–Kier alpha value is -1.31. The lowest BCUT2D eigenvalue weighted by atomic mass is 9.99. The third kappa shape index (κ3) is 2.36. The van der Waals surface area contributed by atoms with Gasteiger partial charge in [0, 0.05) is 12.5 Å². The molecule has 17 heavy (non-hydrogen) atoms. The normalized spacial score (nSPS) is 20.0. The maximum atomic E-state index is 12.2. The minimum Gasteiger partial charge on any atom is -0.335 e. The molecule has 0 saturated carbocycles. The molecule has 2 nitrogen and oxygen atoms in total. The zero-order valence-corrected chi connectivity index (χ0v) is 10.9. The van der Waals surface area contributed by atoms with Crippen LogP contribution < -0.4 is 0 Å². The summed E-state index contributed by atoms with van der Waals surface area (Å²) in [6.45, 7) is 7.01. The van der Waals surface area contributed by atoms with Crippen LogP contribution in [0.5, 0.6) is 0 Å². The number of hydrogen-bond donors (Lipinski definition) is 0. The molecule has 1 unspecified atom stereocenters. The van der Waals surface area contributed by atoms with Crippen molar-refractivity contribution in [1.82, 2.24) is 4.90 Å². The quantitative estimate of drug-likeness (QED) is 0.764. The fourth-order valence-corrected chi connectivity index (χ4v) is 2.65. The molecule has 1 atom stereocenters. The van der Waals surface area contributed by atoms with Gasteiger partial charge in [-0.3, -0.25) is 4.79 Å². The molecule has 1 aliphatic rings.